The van der Waals surface area contributed by atoms with Crippen molar-refractivity contribution in [1.82, 2.24) is 19.8 Å². The van der Waals surface area contributed by atoms with Crippen LogP contribution in [0.1, 0.15) is 10.5 Å². The molecule has 0 bridgehead atoms. The molecule has 0 saturated heterocycles. The van der Waals surface area contributed by atoms with Gasteiger partial charge in [-0.25, -0.2) is 4.79 Å². The van der Waals surface area contributed by atoms with E-state index in [4.69, 9.17) is 28.3 Å². The Morgan fingerprint density at radius 1 is 1.31 bits per heavy atom. The van der Waals surface area contributed by atoms with Gasteiger partial charge in [0.15, 0.2) is 16.0 Å². The van der Waals surface area contributed by atoms with Crippen LogP contribution in [-0.2, 0) is 0 Å². The van der Waals surface area contributed by atoms with Crippen molar-refractivity contribution >= 4 is 45.1 Å². The van der Waals surface area contributed by atoms with E-state index in [-0.39, 0.29) is 16.0 Å². The second-order valence-electron chi connectivity index (χ2n) is 2.73. The summed E-state index contributed by atoms with van der Waals surface area (Å²) in [4.78, 5) is 13.0. The molecule has 9 heteroatoms. The van der Waals surface area contributed by atoms with Gasteiger partial charge in [-0.15, -0.1) is 19.8 Å². The third-order valence-corrected chi connectivity index (χ3v) is 2.51. The normalized spacial score (nSPS) is 10.7. The molecule has 1 N–H and O–H groups in total. The number of carbonyl (C=O) groups is 1. The molecule has 0 radical (unpaired) electrons. The average Bonchev–Trinajstić information content (AvgIpc) is 2.69. The fourth-order valence-electron chi connectivity index (χ4n) is 1.09. The van der Waals surface area contributed by atoms with Gasteiger partial charge in [-0.05, 0) is 15.9 Å². The number of nitrogens with zero attached hydrogens (tertiary/aromatic N) is 4. The zero-order valence-corrected chi connectivity index (χ0v) is 10.5. The summed E-state index contributed by atoms with van der Waals surface area (Å²) in [5.74, 6) is -1.15. The van der Waals surface area contributed by atoms with Crippen LogP contribution in [0.15, 0.2) is 16.7 Å². The molecule has 0 saturated carbocycles. The van der Waals surface area contributed by atoms with E-state index in [1.807, 2.05) is 0 Å². The lowest BCUT2D eigenvalue weighted by molar-refractivity contribution is 0.0680. The minimum absolute atomic E-state index is 0.0893. The van der Waals surface area contributed by atoms with E-state index in [9.17, 15) is 4.79 Å². The zero-order chi connectivity index (χ0) is 11.9. The number of hydrogen-bond acceptors (Lipinski definition) is 3. The molecule has 0 amide bonds. The molecule has 0 atom stereocenters. The van der Waals surface area contributed by atoms with Gasteiger partial charge in [0, 0.05) is 12.1 Å². The van der Waals surface area contributed by atoms with Crippen molar-refractivity contribution in [1.29, 1.82) is 0 Å². The van der Waals surface area contributed by atoms with Gasteiger partial charge in [0.2, 0.25) is 0 Å². The van der Waals surface area contributed by atoms with Crippen LogP contribution in [0.5, 0.6) is 0 Å². The second-order valence-corrected chi connectivity index (χ2v) is 4.31. The molecule has 84 valence electrons. The standard InChI is InChI=1S/C7H3BrCl2N4O2/c8-4-1-3(7(15)16)13(11-4)14-6(10)2-5(9)12-14/h1-2H,(H,15,16). The van der Waals surface area contributed by atoms with Gasteiger partial charge in [0.25, 0.3) is 0 Å². The summed E-state index contributed by atoms with van der Waals surface area (Å²) >= 11 is 14.5. The van der Waals surface area contributed by atoms with Crippen molar-refractivity contribution in [3.05, 3.63) is 32.7 Å². The summed E-state index contributed by atoms with van der Waals surface area (Å²) in [5, 5.41) is 16.9. The number of carboxylic acid groups (broad SMARTS) is 1. The van der Waals surface area contributed by atoms with Crippen molar-refractivity contribution in [2.75, 3.05) is 0 Å². The molecule has 0 aliphatic rings. The molecule has 2 aromatic heterocycles. The Hall–Kier alpha value is -1.05. The molecule has 16 heavy (non-hydrogen) atoms. The fraction of sp³-hybridized carbons (Fsp3) is 0. The minimum atomic E-state index is -1.15. The first kappa shape index (κ1) is 11.4. The summed E-state index contributed by atoms with van der Waals surface area (Å²) < 4.78 is 0.354. The highest BCUT2D eigenvalue weighted by Gasteiger charge is 2.17. The van der Waals surface area contributed by atoms with E-state index < -0.39 is 5.97 Å². The zero-order valence-electron chi connectivity index (χ0n) is 7.43. The monoisotopic (exact) mass is 324 g/mol. The molecular weight excluding hydrogens is 323 g/mol. The minimum Gasteiger partial charge on any atom is -0.476 e. The maximum atomic E-state index is 10.9. The lowest BCUT2D eigenvalue weighted by atomic mass is 10.4. The fourth-order valence-corrected chi connectivity index (χ4v) is 1.90. The van der Waals surface area contributed by atoms with Crippen LogP contribution in [0.25, 0.3) is 0 Å². The maximum Gasteiger partial charge on any atom is 0.356 e. The van der Waals surface area contributed by atoms with Crippen LogP contribution < -0.4 is 0 Å². The number of hydrogen-bond donors (Lipinski definition) is 1. The van der Waals surface area contributed by atoms with Crippen LogP contribution in [0.2, 0.25) is 10.3 Å². The molecule has 0 spiro atoms. The Kier molecular flexibility index (Phi) is 2.92. The molecule has 2 rings (SSSR count). The van der Waals surface area contributed by atoms with Crippen molar-refractivity contribution in [3.8, 4) is 0 Å². The molecular formula is C7H3BrCl2N4O2. The topological polar surface area (TPSA) is 72.9 Å². The Morgan fingerprint density at radius 2 is 2.00 bits per heavy atom. The van der Waals surface area contributed by atoms with Crippen LogP contribution in [-0.4, -0.2) is 30.9 Å². The van der Waals surface area contributed by atoms with Gasteiger partial charge in [-0.1, -0.05) is 23.2 Å². The summed E-state index contributed by atoms with van der Waals surface area (Å²) in [5.41, 5.74) is -0.0893. The smallest absolute Gasteiger partial charge is 0.356 e. The molecule has 2 aromatic rings. The first-order valence-corrected chi connectivity index (χ1v) is 5.44. The Labute approximate surface area is 107 Å². The molecule has 0 unspecified atom stereocenters. The summed E-state index contributed by atoms with van der Waals surface area (Å²) in [6, 6.07) is 2.71. The number of carboxylic acids is 1. The highest BCUT2D eigenvalue weighted by atomic mass is 79.9. The van der Waals surface area contributed by atoms with E-state index >= 15 is 0 Å². The third kappa shape index (κ3) is 1.93. The van der Waals surface area contributed by atoms with Gasteiger partial charge in [-0.3, -0.25) is 0 Å². The molecule has 0 aliphatic heterocycles. The van der Waals surface area contributed by atoms with Crippen molar-refractivity contribution in [3.63, 3.8) is 0 Å². The van der Waals surface area contributed by atoms with Crippen LogP contribution in [0, 0.1) is 0 Å². The molecule has 0 fully saturated rings. The first-order chi connectivity index (χ1) is 7.49. The third-order valence-electron chi connectivity index (χ3n) is 1.68. The van der Waals surface area contributed by atoms with Gasteiger partial charge >= 0.3 is 5.97 Å². The number of aromatic nitrogens is 4. The summed E-state index contributed by atoms with van der Waals surface area (Å²) in [7, 11) is 0. The Balaban J connectivity index is 2.63. The maximum absolute atomic E-state index is 10.9. The van der Waals surface area contributed by atoms with E-state index in [0.717, 1.165) is 9.58 Å². The lowest BCUT2D eigenvalue weighted by Gasteiger charge is -2.03. The van der Waals surface area contributed by atoms with Gasteiger partial charge in [0.1, 0.15) is 4.60 Å². The number of halogens is 3. The molecule has 6 nitrogen and oxygen atoms in total. The number of aromatic carboxylic acids is 1. The SMILES string of the molecule is O=C(O)c1cc(Br)nn1-n1nc(Cl)cc1Cl. The quantitative estimate of drug-likeness (QED) is 0.918. The van der Waals surface area contributed by atoms with Crippen molar-refractivity contribution < 1.29 is 9.90 Å². The van der Waals surface area contributed by atoms with E-state index in [1.165, 1.54) is 12.1 Å². The van der Waals surface area contributed by atoms with Crippen molar-refractivity contribution in [2.24, 2.45) is 0 Å². The summed E-state index contributed by atoms with van der Waals surface area (Å²) in [6.45, 7) is 0. The average molecular weight is 326 g/mol. The predicted molar refractivity (Wildman–Crippen MR) is 59.9 cm³/mol. The van der Waals surface area contributed by atoms with E-state index in [0.29, 0.717) is 4.60 Å². The van der Waals surface area contributed by atoms with E-state index in [1.54, 1.807) is 0 Å². The highest BCUT2D eigenvalue weighted by molar-refractivity contribution is 9.10. The van der Waals surface area contributed by atoms with Gasteiger partial charge in [-0.2, -0.15) is 0 Å². The van der Waals surface area contributed by atoms with Gasteiger partial charge in [0.05, 0.1) is 0 Å². The Bertz CT molecular complexity index is 565. The van der Waals surface area contributed by atoms with Crippen LogP contribution >= 0.6 is 39.1 Å². The lowest BCUT2D eigenvalue weighted by Crippen LogP contribution is -2.18. The largest absolute Gasteiger partial charge is 0.476 e. The highest BCUT2D eigenvalue weighted by Crippen LogP contribution is 2.18. The van der Waals surface area contributed by atoms with Crippen LogP contribution in [0.4, 0.5) is 0 Å². The van der Waals surface area contributed by atoms with Crippen molar-refractivity contribution in [2.45, 2.75) is 0 Å². The number of rotatable bonds is 2. The Morgan fingerprint density at radius 3 is 2.50 bits per heavy atom. The van der Waals surface area contributed by atoms with Crippen LogP contribution in [0.3, 0.4) is 0 Å². The van der Waals surface area contributed by atoms with E-state index in [2.05, 4.69) is 26.1 Å². The molecule has 0 aromatic carbocycles. The molecule has 0 aliphatic carbocycles. The van der Waals surface area contributed by atoms with Gasteiger partial charge < -0.3 is 5.11 Å². The molecule has 2 heterocycles. The summed E-state index contributed by atoms with van der Waals surface area (Å²) in [6.07, 6.45) is 0. The first-order valence-electron chi connectivity index (χ1n) is 3.89. The predicted octanol–water partition coefficient (Wildman–Crippen LogP) is 2.16. The second kappa shape index (κ2) is 4.08.